The first-order valence-electron chi connectivity index (χ1n) is 29.8. The van der Waals surface area contributed by atoms with Crippen molar-refractivity contribution in [2.75, 3.05) is 0 Å². The fraction of sp³-hybridized carbons (Fsp3) is 0.218. The molecule has 0 bridgehead atoms. The Morgan fingerprint density at radius 3 is 1.05 bits per heavy atom. The molecule has 6 aromatic carbocycles. The Balaban J connectivity index is 0. The zero-order chi connectivity index (χ0) is 67.0. The Kier molecular flexibility index (Phi) is 51.1. The van der Waals surface area contributed by atoms with Crippen molar-refractivity contribution in [3.63, 3.8) is 0 Å². The molecule has 4 N–H and O–H groups in total. The number of hydrogen-bond donors (Lipinski definition) is 4. The second kappa shape index (κ2) is 53.5. The smallest absolute Gasteiger partial charge is 0.132 e. The van der Waals surface area contributed by atoms with E-state index in [2.05, 4.69) is 117 Å². The number of aliphatic hydroxyl groups is 4. The fourth-order valence-corrected chi connectivity index (χ4v) is 8.92. The van der Waals surface area contributed by atoms with Gasteiger partial charge in [0, 0.05) is 157 Å². The summed E-state index contributed by atoms with van der Waals surface area (Å²) in [6, 6.07) is 77.8. The van der Waals surface area contributed by atoms with E-state index < -0.39 is 24.4 Å². The van der Waals surface area contributed by atoms with E-state index in [0.717, 1.165) is 54.9 Å². The molecule has 0 aliphatic carbocycles. The largest absolute Gasteiger partial charge is 0.393 e. The summed E-state index contributed by atoms with van der Waals surface area (Å²) in [5.74, 6) is 0.148. The SMILES string of the molecule is CC(=O)CC(C)O.CC(=O)CC(C)O.CC(=O)CC(C)O.CC(=O)CC(C)O.Cc1c[c-]c(-c2ccccn2)cc1.[Ir].[Ir].[Ir].[Ir].[Ir].[c-]1cccc2ccc3cccnc3c12.[c-]1cccc2ccc3cccnc3c12.[c-]1ccccc1-c1ccccn1.[c-]1ccsc1-c1ccccn1. The molecule has 0 aliphatic heterocycles. The predicted octanol–water partition coefficient (Wildman–Crippen LogP) is 15.8. The van der Waals surface area contributed by atoms with Gasteiger partial charge in [-0.1, -0.05) is 84.6 Å². The van der Waals surface area contributed by atoms with Crippen molar-refractivity contribution in [1.82, 2.24) is 24.9 Å². The summed E-state index contributed by atoms with van der Waals surface area (Å²) in [6.45, 7) is 14.3. The van der Waals surface area contributed by atoms with Gasteiger partial charge in [-0.3, -0.25) is 19.2 Å². The van der Waals surface area contributed by atoms with Crippen LogP contribution in [0.4, 0.5) is 0 Å². The second-order valence-electron chi connectivity index (χ2n) is 21.2. The first kappa shape index (κ1) is 92.6. The van der Waals surface area contributed by atoms with Gasteiger partial charge in [-0.25, -0.2) is 11.3 Å². The van der Waals surface area contributed by atoms with Crippen molar-refractivity contribution < 1.29 is 140 Å². The molecule has 13 nitrogen and oxygen atoms in total. The van der Waals surface area contributed by atoms with Crippen LogP contribution in [0.15, 0.2) is 224 Å². The van der Waals surface area contributed by atoms with Gasteiger partial charge in [-0.15, -0.1) is 147 Å². The third kappa shape index (κ3) is 39.1. The molecule has 0 saturated heterocycles. The molecule has 0 saturated carbocycles. The van der Waals surface area contributed by atoms with Gasteiger partial charge in [0.25, 0.3) is 0 Å². The topological polar surface area (TPSA) is 214 Å². The number of carbonyl (C=O) groups excluding carboxylic acids is 4. The van der Waals surface area contributed by atoms with Crippen LogP contribution in [-0.2, 0) is 120 Å². The minimum Gasteiger partial charge on any atom is -0.393 e. The van der Waals surface area contributed by atoms with Crippen LogP contribution >= 0.6 is 11.3 Å². The summed E-state index contributed by atoms with van der Waals surface area (Å²) in [5.41, 5.74) is 8.32. The number of aliphatic hydroxyl groups excluding tert-OH is 4. The predicted molar refractivity (Wildman–Crippen MR) is 372 cm³/mol. The molecule has 0 spiro atoms. The van der Waals surface area contributed by atoms with Gasteiger partial charge in [-0.05, 0) is 125 Å². The molecule has 6 aromatic heterocycles. The molecule has 4 atom stereocenters. The molecule has 0 fully saturated rings. The summed E-state index contributed by atoms with van der Waals surface area (Å²) in [6.07, 6.45) is 8.23. The van der Waals surface area contributed by atoms with Crippen molar-refractivity contribution in [2.24, 2.45) is 0 Å². The van der Waals surface area contributed by atoms with Crippen LogP contribution in [0.5, 0.6) is 0 Å². The number of fused-ring (bicyclic) bond motifs is 6. The van der Waals surface area contributed by atoms with E-state index in [0.29, 0.717) is 0 Å². The van der Waals surface area contributed by atoms with Crippen molar-refractivity contribution >= 4 is 77.8 Å². The van der Waals surface area contributed by atoms with Gasteiger partial charge in [0.2, 0.25) is 0 Å². The molecule has 4 unspecified atom stereocenters. The second-order valence-corrected chi connectivity index (χ2v) is 22.1. The van der Waals surface area contributed by atoms with E-state index in [1.165, 1.54) is 54.8 Å². The first-order chi connectivity index (χ1) is 44.2. The zero-order valence-corrected chi connectivity index (χ0v) is 68.0. The molecule has 12 aromatic rings. The normalized spacial score (nSPS) is 10.7. The Morgan fingerprint density at radius 2 is 0.732 bits per heavy atom. The van der Waals surface area contributed by atoms with Gasteiger partial charge in [0.1, 0.15) is 23.1 Å². The molecule has 5 radical (unpaired) electrons. The van der Waals surface area contributed by atoms with Crippen molar-refractivity contribution in [3.05, 3.63) is 260 Å². The van der Waals surface area contributed by atoms with Crippen LogP contribution in [-0.4, -0.2) is 92.9 Å². The summed E-state index contributed by atoms with van der Waals surface area (Å²) in [5, 5.41) is 42.9. The standard InChI is InChI=1S/2C13H8N.C12H10N.C11H8N.C9H6NS.4C5H10O2.5Ir/c2*1-2-6-12-10(4-1)7-8-11-5-3-9-14-13(11)12;1-10-5-7-11(8-6-10)12-4-2-3-9-13-12;1-2-6-10(7-3-1)11-8-4-5-9-12-11;1-2-6-10-8(4-1)9-5-3-7-11-9;4*1-4(6)3-5(2)7;;;;;/h2*1-5,7-9H;2-7,9H,1H3;1-6,8-9H;1-4,6-7H;4*4,6H,3H2,1-2H3;;;;;/q5*-1;;;;;;;;;. The van der Waals surface area contributed by atoms with Crippen molar-refractivity contribution in [2.45, 2.75) is 112 Å². The quantitative estimate of drug-likeness (QED) is 0.0702. The van der Waals surface area contributed by atoms with E-state index in [4.69, 9.17) is 20.4 Å². The molecule has 6 heterocycles. The Morgan fingerprint density at radius 1 is 0.371 bits per heavy atom. The number of Topliss-reactive ketones (excluding diaryl/α,β-unsaturated/α-hetero) is 4. The zero-order valence-electron chi connectivity index (χ0n) is 55.2. The maximum absolute atomic E-state index is 10.1. The van der Waals surface area contributed by atoms with Crippen LogP contribution in [0, 0.1) is 37.3 Å². The number of pyridine rings is 5. The van der Waals surface area contributed by atoms with E-state index in [9.17, 15) is 19.2 Å². The van der Waals surface area contributed by atoms with Crippen LogP contribution < -0.4 is 0 Å². The average molecular weight is 2210 g/mol. The van der Waals surface area contributed by atoms with Crippen molar-refractivity contribution in [1.29, 1.82) is 0 Å². The number of carbonyl (C=O) groups is 4. The number of hydrogen-bond acceptors (Lipinski definition) is 14. The summed E-state index contributed by atoms with van der Waals surface area (Å²) in [4.78, 5) is 62.9. The van der Waals surface area contributed by atoms with E-state index in [-0.39, 0.29) is 149 Å². The molecule has 521 valence electrons. The molecule has 0 aliphatic rings. The molecule has 97 heavy (non-hydrogen) atoms. The van der Waals surface area contributed by atoms with Crippen molar-refractivity contribution in [3.8, 4) is 33.1 Å². The van der Waals surface area contributed by atoms with Gasteiger partial charge in [0.05, 0.1) is 24.4 Å². The maximum atomic E-state index is 10.1. The molecule has 12 rings (SSSR count). The molecule has 19 heteroatoms. The van der Waals surface area contributed by atoms with Crippen LogP contribution in [0.3, 0.4) is 0 Å². The summed E-state index contributed by atoms with van der Waals surface area (Å²) >= 11 is 1.66. The van der Waals surface area contributed by atoms with Crippen LogP contribution in [0.2, 0.25) is 0 Å². The maximum Gasteiger partial charge on any atom is 0.132 e. The number of ketones is 4. The first-order valence-corrected chi connectivity index (χ1v) is 30.7. The molecular weight excluding hydrogens is 2130 g/mol. The number of nitrogens with zero attached hydrogens (tertiary/aromatic N) is 5. The van der Waals surface area contributed by atoms with Gasteiger partial charge in [-0.2, -0.15) is 12.1 Å². The number of thiophene rings is 1. The Labute approximate surface area is 642 Å². The van der Waals surface area contributed by atoms with E-state index in [1.807, 2.05) is 151 Å². The minimum atomic E-state index is -0.475. The monoisotopic (exact) mass is 2210 g/mol. The third-order valence-electron chi connectivity index (χ3n) is 12.1. The van der Waals surface area contributed by atoms with Gasteiger partial charge < -0.3 is 45.3 Å². The van der Waals surface area contributed by atoms with E-state index in [1.54, 1.807) is 57.6 Å². The fourth-order valence-electron chi connectivity index (χ4n) is 8.27. The van der Waals surface area contributed by atoms with Gasteiger partial charge >= 0.3 is 0 Å². The third-order valence-corrected chi connectivity index (χ3v) is 12.9. The molecule has 0 amide bonds. The van der Waals surface area contributed by atoms with Gasteiger partial charge in [0.15, 0.2) is 0 Å². The number of aryl methyl sites for hydroxylation is 1. The Bertz CT molecular complexity index is 3710. The Hall–Kier alpha value is -6.42. The number of aromatic nitrogens is 5. The number of benzene rings is 6. The van der Waals surface area contributed by atoms with Crippen LogP contribution in [0.25, 0.3) is 76.4 Å². The minimum absolute atomic E-state index is 0. The number of rotatable bonds is 11. The summed E-state index contributed by atoms with van der Waals surface area (Å²) < 4.78 is 0. The molecular formula is C78H80Ir5N5O8S-5. The average Bonchev–Trinajstić information content (AvgIpc) is 1.36. The summed E-state index contributed by atoms with van der Waals surface area (Å²) in [7, 11) is 0. The van der Waals surface area contributed by atoms with E-state index >= 15 is 0 Å². The van der Waals surface area contributed by atoms with Crippen LogP contribution in [0.1, 0.15) is 86.6 Å².